The molecule has 0 amide bonds. The van der Waals surface area contributed by atoms with Crippen LogP contribution in [0.1, 0.15) is 12.0 Å². The van der Waals surface area contributed by atoms with Crippen LogP contribution in [0.3, 0.4) is 0 Å². The van der Waals surface area contributed by atoms with Gasteiger partial charge in [-0.2, -0.15) is 13.2 Å². The van der Waals surface area contributed by atoms with Crippen LogP contribution in [0, 0.1) is 5.82 Å². The van der Waals surface area contributed by atoms with Gasteiger partial charge < -0.3 is 5.73 Å². The van der Waals surface area contributed by atoms with Gasteiger partial charge in [0.05, 0.1) is 11.3 Å². The summed E-state index contributed by atoms with van der Waals surface area (Å²) >= 11 is 4.58. The molecule has 1 aromatic carbocycles. The SMILES string of the molecule is CN(CCC(F)(F)F)S(=O)(=O)c1ccc(F)c(C(N)=S)c1. The first-order valence-corrected chi connectivity index (χ1v) is 7.42. The lowest BCUT2D eigenvalue weighted by Gasteiger charge is -2.18. The van der Waals surface area contributed by atoms with Crippen LogP contribution in [0.15, 0.2) is 23.1 Å². The second-order valence-electron chi connectivity index (χ2n) is 4.20. The van der Waals surface area contributed by atoms with Gasteiger partial charge in [-0.15, -0.1) is 0 Å². The summed E-state index contributed by atoms with van der Waals surface area (Å²) < 4.78 is 74.5. The highest BCUT2D eigenvalue weighted by molar-refractivity contribution is 7.89. The first-order valence-electron chi connectivity index (χ1n) is 5.57. The molecule has 0 bridgehead atoms. The Bertz CT molecular complexity index is 644. The number of hydrogen-bond donors (Lipinski definition) is 1. The van der Waals surface area contributed by atoms with E-state index in [-0.39, 0.29) is 15.4 Å². The van der Waals surface area contributed by atoms with Crippen molar-refractivity contribution >= 4 is 27.2 Å². The first kappa shape index (κ1) is 17.8. The molecule has 1 rings (SSSR count). The topological polar surface area (TPSA) is 63.4 Å². The van der Waals surface area contributed by atoms with Crippen molar-refractivity contribution in [2.24, 2.45) is 5.73 Å². The highest BCUT2D eigenvalue weighted by Crippen LogP contribution is 2.23. The molecule has 21 heavy (non-hydrogen) atoms. The van der Waals surface area contributed by atoms with Gasteiger partial charge in [0.25, 0.3) is 0 Å². The summed E-state index contributed by atoms with van der Waals surface area (Å²) in [6.45, 7) is -0.744. The number of thiocarbonyl (C=S) groups is 1. The number of nitrogens with two attached hydrogens (primary N) is 1. The number of rotatable bonds is 5. The Balaban J connectivity index is 3.08. The zero-order valence-electron chi connectivity index (χ0n) is 10.8. The minimum Gasteiger partial charge on any atom is -0.389 e. The van der Waals surface area contributed by atoms with Crippen LogP contribution in [0.5, 0.6) is 0 Å². The molecule has 1 aromatic rings. The van der Waals surface area contributed by atoms with E-state index in [0.717, 1.165) is 25.2 Å². The van der Waals surface area contributed by atoms with Crippen molar-refractivity contribution in [2.75, 3.05) is 13.6 Å². The van der Waals surface area contributed by atoms with Gasteiger partial charge in [0.15, 0.2) is 0 Å². The summed E-state index contributed by atoms with van der Waals surface area (Å²) in [5, 5.41) is 0. The van der Waals surface area contributed by atoms with Gasteiger partial charge in [-0.3, -0.25) is 0 Å². The van der Waals surface area contributed by atoms with E-state index in [2.05, 4.69) is 12.2 Å². The Morgan fingerprint density at radius 3 is 2.43 bits per heavy atom. The molecule has 0 atom stereocenters. The van der Waals surface area contributed by atoms with E-state index in [1.54, 1.807) is 0 Å². The first-order chi connectivity index (χ1) is 9.45. The highest BCUT2D eigenvalue weighted by Gasteiger charge is 2.30. The molecule has 0 saturated heterocycles. The molecular weight excluding hydrogens is 332 g/mol. The Kier molecular flexibility index (Phi) is 5.29. The monoisotopic (exact) mass is 344 g/mol. The van der Waals surface area contributed by atoms with Crippen LogP contribution >= 0.6 is 12.2 Å². The predicted octanol–water partition coefficient (Wildman–Crippen LogP) is 2.03. The zero-order chi connectivity index (χ0) is 16.4. The van der Waals surface area contributed by atoms with Crippen LogP contribution in [-0.4, -0.2) is 37.5 Å². The lowest BCUT2D eigenvalue weighted by Crippen LogP contribution is -2.31. The van der Waals surface area contributed by atoms with Crippen LogP contribution in [0.4, 0.5) is 17.6 Å². The van der Waals surface area contributed by atoms with Gasteiger partial charge >= 0.3 is 6.18 Å². The molecule has 0 saturated carbocycles. The van der Waals surface area contributed by atoms with Gasteiger partial charge in [0.2, 0.25) is 10.0 Å². The maximum Gasteiger partial charge on any atom is 0.390 e. The number of hydrogen-bond acceptors (Lipinski definition) is 3. The van der Waals surface area contributed by atoms with E-state index in [0.29, 0.717) is 4.31 Å². The van der Waals surface area contributed by atoms with Gasteiger partial charge in [-0.1, -0.05) is 12.2 Å². The normalized spacial score (nSPS) is 12.7. The summed E-state index contributed by atoms with van der Waals surface area (Å²) in [4.78, 5) is -0.723. The third-order valence-corrected chi connectivity index (χ3v) is 4.69. The molecule has 0 unspecified atom stereocenters. The third-order valence-electron chi connectivity index (χ3n) is 2.62. The summed E-state index contributed by atoms with van der Waals surface area (Å²) in [7, 11) is -3.18. The number of sulfonamides is 1. The number of nitrogens with zero attached hydrogens (tertiary/aromatic N) is 1. The molecule has 0 aliphatic heterocycles. The van der Waals surface area contributed by atoms with E-state index in [9.17, 15) is 26.0 Å². The van der Waals surface area contributed by atoms with Crippen molar-refractivity contribution in [3.05, 3.63) is 29.6 Å². The Hall–Kier alpha value is -1.26. The molecular formula is C11H12F4N2O2S2. The second kappa shape index (κ2) is 6.24. The molecule has 0 spiro atoms. The standard InChI is InChI=1S/C11H12F4N2O2S2/c1-17(5-4-11(13,14)15)21(18,19)7-2-3-9(12)8(6-7)10(16)20/h2-3,6H,4-5H2,1H3,(H2,16,20). The van der Waals surface area contributed by atoms with Crippen molar-refractivity contribution in [3.8, 4) is 0 Å². The van der Waals surface area contributed by atoms with Gasteiger partial charge in [-0.05, 0) is 18.2 Å². The van der Waals surface area contributed by atoms with Crippen LogP contribution in [0.2, 0.25) is 0 Å². The highest BCUT2D eigenvalue weighted by atomic mass is 32.2. The summed E-state index contributed by atoms with van der Waals surface area (Å²) in [5.41, 5.74) is 4.97. The molecule has 0 fully saturated rings. The Morgan fingerprint density at radius 1 is 1.38 bits per heavy atom. The van der Waals surface area contributed by atoms with Crippen LogP contribution in [-0.2, 0) is 10.0 Å². The average Bonchev–Trinajstić information content (AvgIpc) is 2.34. The lowest BCUT2D eigenvalue weighted by atomic mass is 10.2. The molecule has 118 valence electrons. The number of benzene rings is 1. The average molecular weight is 344 g/mol. The smallest absolute Gasteiger partial charge is 0.389 e. The number of halogens is 4. The van der Waals surface area contributed by atoms with Gasteiger partial charge in [0, 0.05) is 19.2 Å². The molecule has 0 radical (unpaired) electrons. The minimum absolute atomic E-state index is 0.282. The second-order valence-corrected chi connectivity index (χ2v) is 6.68. The maximum absolute atomic E-state index is 13.4. The van der Waals surface area contributed by atoms with Crippen LogP contribution < -0.4 is 5.73 Å². The van der Waals surface area contributed by atoms with Gasteiger partial charge in [0.1, 0.15) is 10.8 Å². The quantitative estimate of drug-likeness (QED) is 0.656. The summed E-state index contributed by atoms with van der Waals surface area (Å²) in [6, 6.07) is 2.69. The van der Waals surface area contributed by atoms with Crippen molar-refractivity contribution in [3.63, 3.8) is 0 Å². The maximum atomic E-state index is 13.4. The molecule has 2 N–H and O–H groups in total. The third kappa shape index (κ3) is 4.61. The molecule has 10 heteroatoms. The van der Waals surface area contributed by atoms with E-state index in [1.807, 2.05) is 0 Å². The van der Waals surface area contributed by atoms with E-state index < -0.39 is 35.0 Å². The Labute approximate surface area is 124 Å². The fraction of sp³-hybridized carbons (Fsp3) is 0.364. The zero-order valence-corrected chi connectivity index (χ0v) is 12.4. The fourth-order valence-corrected chi connectivity index (χ4v) is 2.79. The van der Waals surface area contributed by atoms with Crippen LogP contribution in [0.25, 0.3) is 0 Å². The summed E-state index contributed by atoms with van der Waals surface area (Å²) in [5.74, 6) is -0.806. The predicted molar refractivity (Wildman–Crippen MR) is 72.8 cm³/mol. The van der Waals surface area contributed by atoms with Crippen molar-refractivity contribution < 1.29 is 26.0 Å². The Morgan fingerprint density at radius 2 is 1.95 bits per heavy atom. The largest absolute Gasteiger partial charge is 0.390 e. The molecule has 0 aliphatic rings. The van der Waals surface area contributed by atoms with E-state index >= 15 is 0 Å². The molecule has 0 aliphatic carbocycles. The van der Waals surface area contributed by atoms with Crippen molar-refractivity contribution in [2.45, 2.75) is 17.5 Å². The van der Waals surface area contributed by atoms with E-state index in [1.165, 1.54) is 0 Å². The molecule has 4 nitrogen and oxygen atoms in total. The molecule has 0 aromatic heterocycles. The molecule has 0 heterocycles. The fourth-order valence-electron chi connectivity index (χ4n) is 1.44. The van der Waals surface area contributed by atoms with E-state index in [4.69, 9.17) is 5.73 Å². The van der Waals surface area contributed by atoms with Crippen molar-refractivity contribution in [1.29, 1.82) is 0 Å². The summed E-state index contributed by atoms with van der Waals surface area (Å²) in [6.07, 6.45) is -5.76. The van der Waals surface area contributed by atoms with Crippen molar-refractivity contribution in [1.82, 2.24) is 4.31 Å². The number of alkyl halides is 3. The minimum atomic E-state index is -4.48. The van der Waals surface area contributed by atoms with Gasteiger partial charge in [-0.25, -0.2) is 17.1 Å². The lowest BCUT2D eigenvalue weighted by molar-refractivity contribution is -0.135.